The first-order valence-electron chi connectivity index (χ1n) is 8.97. The molecule has 2 nitrogen and oxygen atoms in total. The lowest BCUT2D eigenvalue weighted by atomic mass is 9.83. The Hall–Kier alpha value is -1.42. The van der Waals surface area contributed by atoms with Crippen LogP contribution in [0.15, 0.2) is 48.5 Å². The van der Waals surface area contributed by atoms with Gasteiger partial charge >= 0.3 is 0 Å². The maximum Gasteiger partial charge on any atom is 0.123 e. The summed E-state index contributed by atoms with van der Waals surface area (Å²) in [6.45, 7) is 5.19. The zero-order chi connectivity index (χ0) is 17.6. The fraction of sp³-hybridized carbons (Fsp3) is 0.429. The van der Waals surface area contributed by atoms with Crippen LogP contribution in [-0.2, 0) is 6.42 Å². The highest BCUT2D eigenvalue weighted by Gasteiger charge is 2.47. The molecule has 3 atom stereocenters. The van der Waals surface area contributed by atoms with Gasteiger partial charge < -0.3 is 5.32 Å². The summed E-state index contributed by atoms with van der Waals surface area (Å²) in [5, 5.41) is 3.58. The van der Waals surface area contributed by atoms with Crippen LogP contribution in [0.5, 0.6) is 0 Å². The van der Waals surface area contributed by atoms with Gasteiger partial charge in [0, 0.05) is 18.1 Å². The van der Waals surface area contributed by atoms with Crippen molar-refractivity contribution in [1.29, 1.82) is 0 Å². The number of benzene rings is 2. The van der Waals surface area contributed by atoms with Gasteiger partial charge in [-0.1, -0.05) is 36.4 Å². The highest BCUT2D eigenvalue weighted by Crippen LogP contribution is 2.46. The second-order valence-corrected chi connectivity index (χ2v) is 8.15. The first-order chi connectivity index (χ1) is 12.0. The van der Waals surface area contributed by atoms with E-state index in [1.165, 1.54) is 23.3 Å². The van der Waals surface area contributed by atoms with Gasteiger partial charge in [-0.05, 0) is 55.5 Å². The molecule has 0 bridgehead atoms. The van der Waals surface area contributed by atoms with Gasteiger partial charge in [0.1, 0.15) is 5.82 Å². The summed E-state index contributed by atoms with van der Waals surface area (Å²) in [4.78, 5) is 2.46. The molecule has 132 valence electrons. The number of nitrogens with one attached hydrogen (secondary N) is 1. The molecule has 0 spiro atoms. The minimum atomic E-state index is -0.200. The average molecular weight is 359 g/mol. The predicted octanol–water partition coefficient (Wildman–Crippen LogP) is 4.80. The van der Waals surface area contributed by atoms with Crippen LogP contribution >= 0.6 is 11.6 Å². The van der Waals surface area contributed by atoms with Crippen LogP contribution in [0, 0.1) is 5.82 Å². The Morgan fingerprint density at radius 1 is 1.12 bits per heavy atom. The van der Waals surface area contributed by atoms with Gasteiger partial charge in [0.25, 0.3) is 0 Å². The number of hydrogen-bond donors (Lipinski definition) is 1. The molecule has 1 aliphatic carbocycles. The van der Waals surface area contributed by atoms with E-state index < -0.39 is 0 Å². The lowest BCUT2D eigenvalue weighted by molar-refractivity contribution is -0.00676. The SMILES string of the molecule is CC1(C)C(c2ccc(F)cc2)NCC(Cl)N1C1CCc2ccccc21. The molecule has 1 heterocycles. The highest BCUT2D eigenvalue weighted by atomic mass is 35.5. The van der Waals surface area contributed by atoms with E-state index in [1.54, 1.807) is 0 Å². The number of fused-ring (bicyclic) bond motifs is 1. The third-order valence-electron chi connectivity index (χ3n) is 5.80. The van der Waals surface area contributed by atoms with Crippen molar-refractivity contribution in [2.75, 3.05) is 6.54 Å². The van der Waals surface area contributed by atoms with Crippen LogP contribution in [0.1, 0.15) is 49.0 Å². The fourth-order valence-electron chi connectivity index (χ4n) is 4.67. The first kappa shape index (κ1) is 17.0. The number of rotatable bonds is 2. The Morgan fingerprint density at radius 3 is 2.60 bits per heavy atom. The molecular weight excluding hydrogens is 335 g/mol. The molecule has 4 rings (SSSR count). The molecule has 3 unspecified atom stereocenters. The quantitative estimate of drug-likeness (QED) is 0.612. The highest BCUT2D eigenvalue weighted by molar-refractivity contribution is 6.20. The van der Waals surface area contributed by atoms with Crippen LogP contribution in [0.4, 0.5) is 4.39 Å². The van der Waals surface area contributed by atoms with Crippen molar-refractivity contribution in [2.24, 2.45) is 0 Å². The monoisotopic (exact) mass is 358 g/mol. The van der Waals surface area contributed by atoms with Gasteiger partial charge in [0.2, 0.25) is 0 Å². The van der Waals surface area contributed by atoms with E-state index in [0.29, 0.717) is 12.6 Å². The Kier molecular flexibility index (Phi) is 4.35. The minimum absolute atomic E-state index is 0.0668. The molecule has 0 amide bonds. The van der Waals surface area contributed by atoms with Gasteiger partial charge in [0.05, 0.1) is 11.5 Å². The fourth-order valence-corrected chi connectivity index (χ4v) is 5.15. The Labute approximate surface area is 154 Å². The molecule has 1 saturated heterocycles. The Morgan fingerprint density at radius 2 is 1.84 bits per heavy atom. The Bertz CT molecular complexity index is 759. The van der Waals surface area contributed by atoms with Crippen molar-refractivity contribution in [3.8, 4) is 0 Å². The molecule has 25 heavy (non-hydrogen) atoms. The minimum Gasteiger partial charge on any atom is -0.306 e. The summed E-state index contributed by atoms with van der Waals surface area (Å²) in [6, 6.07) is 16.0. The smallest absolute Gasteiger partial charge is 0.123 e. The summed E-state index contributed by atoms with van der Waals surface area (Å²) in [5.74, 6) is -0.200. The second kappa shape index (κ2) is 6.39. The van der Waals surface area contributed by atoms with Crippen molar-refractivity contribution in [1.82, 2.24) is 10.2 Å². The maximum atomic E-state index is 13.3. The van der Waals surface area contributed by atoms with Crippen LogP contribution < -0.4 is 5.32 Å². The van der Waals surface area contributed by atoms with E-state index in [2.05, 4.69) is 48.3 Å². The van der Waals surface area contributed by atoms with Crippen molar-refractivity contribution >= 4 is 11.6 Å². The Balaban J connectivity index is 1.70. The van der Waals surface area contributed by atoms with E-state index in [1.807, 2.05) is 12.1 Å². The van der Waals surface area contributed by atoms with Crippen LogP contribution in [0.25, 0.3) is 0 Å². The summed E-state index contributed by atoms with van der Waals surface area (Å²) in [6.07, 6.45) is 2.20. The topological polar surface area (TPSA) is 15.3 Å². The zero-order valence-electron chi connectivity index (χ0n) is 14.7. The number of nitrogens with zero attached hydrogens (tertiary/aromatic N) is 1. The molecule has 2 aromatic rings. The summed E-state index contributed by atoms with van der Waals surface area (Å²) in [5.41, 5.74) is 3.68. The third kappa shape index (κ3) is 2.88. The molecule has 0 saturated carbocycles. The van der Waals surface area contributed by atoms with Crippen molar-refractivity contribution in [2.45, 2.75) is 49.8 Å². The van der Waals surface area contributed by atoms with Crippen molar-refractivity contribution < 1.29 is 4.39 Å². The zero-order valence-corrected chi connectivity index (χ0v) is 15.4. The van der Waals surface area contributed by atoms with Crippen LogP contribution in [0.2, 0.25) is 0 Å². The molecular formula is C21H24ClFN2. The summed E-state index contributed by atoms with van der Waals surface area (Å²) < 4.78 is 13.3. The largest absolute Gasteiger partial charge is 0.306 e. The van der Waals surface area contributed by atoms with Gasteiger partial charge in [-0.15, -0.1) is 11.6 Å². The molecule has 0 radical (unpaired) electrons. The average Bonchev–Trinajstić information content (AvgIpc) is 2.99. The van der Waals surface area contributed by atoms with Gasteiger partial charge in [-0.25, -0.2) is 4.39 Å². The van der Waals surface area contributed by atoms with Gasteiger partial charge in [0.15, 0.2) is 0 Å². The number of alkyl halides is 1. The number of aryl methyl sites for hydroxylation is 1. The van der Waals surface area contributed by atoms with E-state index >= 15 is 0 Å². The predicted molar refractivity (Wildman–Crippen MR) is 100 cm³/mol. The van der Waals surface area contributed by atoms with Crippen LogP contribution in [0.3, 0.4) is 0 Å². The maximum absolute atomic E-state index is 13.3. The van der Waals surface area contributed by atoms with E-state index in [0.717, 1.165) is 18.4 Å². The molecule has 2 aliphatic rings. The van der Waals surface area contributed by atoms with Crippen molar-refractivity contribution in [3.05, 3.63) is 71.0 Å². The number of hydrogen-bond acceptors (Lipinski definition) is 2. The molecule has 0 aromatic heterocycles. The number of piperazine rings is 1. The van der Waals surface area contributed by atoms with Gasteiger partial charge in [-0.3, -0.25) is 4.90 Å². The molecule has 1 N–H and O–H groups in total. The van der Waals surface area contributed by atoms with E-state index in [4.69, 9.17) is 11.6 Å². The van der Waals surface area contributed by atoms with Gasteiger partial charge in [-0.2, -0.15) is 0 Å². The molecule has 2 aromatic carbocycles. The second-order valence-electron chi connectivity index (χ2n) is 7.64. The molecule has 1 aliphatic heterocycles. The normalized spacial score (nSPS) is 28.7. The molecule has 1 fully saturated rings. The third-order valence-corrected chi connectivity index (χ3v) is 6.17. The lowest BCUT2D eigenvalue weighted by Gasteiger charge is -2.53. The van der Waals surface area contributed by atoms with Crippen molar-refractivity contribution in [3.63, 3.8) is 0 Å². The van der Waals surface area contributed by atoms with E-state index in [-0.39, 0.29) is 22.9 Å². The summed E-state index contributed by atoms with van der Waals surface area (Å²) >= 11 is 6.80. The lowest BCUT2D eigenvalue weighted by Crippen LogP contribution is -2.63. The summed E-state index contributed by atoms with van der Waals surface area (Å²) in [7, 11) is 0. The standard InChI is InChI=1S/C21H24ClFN2/c1-21(2)20(15-7-10-16(23)11-8-15)24-13-19(22)25(21)18-12-9-14-5-3-4-6-17(14)18/h3-8,10-11,18-20,24H,9,12-13H2,1-2H3. The number of halogens is 2. The molecule has 4 heteroatoms. The van der Waals surface area contributed by atoms with E-state index in [9.17, 15) is 4.39 Å². The first-order valence-corrected chi connectivity index (χ1v) is 9.41. The van der Waals surface area contributed by atoms with Crippen LogP contribution in [-0.4, -0.2) is 22.5 Å².